The molecule has 29 heavy (non-hydrogen) atoms. The van der Waals surface area contributed by atoms with Crippen LogP contribution < -0.4 is 10.6 Å². The van der Waals surface area contributed by atoms with Gasteiger partial charge in [-0.1, -0.05) is 12.1 Å². The van der Waals surface area contributed by atoms with Crippen molar-refractivity contribution in [2.75, 3.05) is 6.54 Å². The molecule has 0 spiro atoms. The molecule has 6 nitrogen and oxygen atoms in total. The van der Waals surface area contributed by atoms with Gasteiger partial charge in [0.25, 0.3) is 0 Å². The lowest BCUT2D eigenvalue weighted by Gasteiger charge is -2.19. The standard InChI is InChI=1S/C20H24F2N6S/c1-13(17-7-6-15(21)11-18(17)22)25-20(23-9-8-16-5-4-10-29-16)24-12-19-27-26-14(2)28(19)3/h4-7,10-11,13H,8-9,12H2,1-3H3,(H2,23,24,25). The lowest BCUT2D eigenvalue weighted by Crippen LogP contribution is -2.40. The van der Waals surface area contributed by atoms with Crippen LogP contribution in [0.5, 0.6) is 0 Å². The van der Waals surface area contributed by atoms with Crippen LogP contribution in [0, 0.1) is 18.6 Å². The first-order chi connectivity index (χ1) is 13.9. The van der Waals surface area contributed by atoms with Gasteiger partial charge in [-0.2, -0.15) is 0 Å². The van der Waals surface area contributed by atoms with Crippen LogP contribution in [-0.2, 0) is 20.0 Å². The fraction of sp³-hybridized carbons (Fsp3) is 0.350. The first-order valence-electron chi connectivity index (χ1n) is 9.31. The van der Waals surface area contributed by atoms with Crippen molar-refractivity contribution >= 4 is 17.3 Å². The number of halogens is 2. The molecule has 0 fully saturated rings. The van der Waals surface area contributed by atoms with Gasteiger partial charge in [0.1, 0.15) is 24.0 Å². The molecular formula is C20H24F2N6S. The highest BCUT2D eigenvalue weighted by Crippen LogP contribution is 2.17. The summed E-state index contributed by atoms with van der Waals surface area (Å²) in [5.74, 6) is 0.865. The summed E-state index contributed by atoms with van der Waals surface area (Å²) in [7, 11) is 1.88. The van der Waals surface area contributed by atoms with E-state index in [1.165, 1.54) is 17.0 Å². The van der Waals surface area contributed by atoms with E-state index >= 15 is 0 Å². The van der Waals surface area contributed by atoms with Gasteiger partial charge in [0.05, 0.1) is 6.04 Å². The van der Waals surface area contributed by atoms with E-state index in [0.29, 0.717) is 24.6 Å². The van der Waals surface area contributed by atoms with Crippen LogP contribution >= 0.6 is 11.3 Å². The zero-order valence-corrected chi connectivity index (χ0v) is 17.4. The Morgan fingerprint density at radius 2 is 2.10 bits per heavy atom. The molecule has 0 aliphatic carbocycles. The van der Waals surface area contributed by atoms with Crippen molar-refractivity contribution in [3.8, 4) is 0 Å². The van der Waals surface area contributed by atoms with Gasteiger partial charge in [-0.15, -0.1) is 21.5 Å². The van der Waals surface area contributed by atoms with E-state index in [0.717, 1.165) is 24.1 Å². The topological polar surface area (TPSA) is 67.1 Å². The smallest absolute Gasteiger partial charge is 0.192 e. The average Bonchev–Trinajstić information content (AvgIpc) is 3.30. The fourth-order valence-electron chi connectivity index (χ4n) is 2.79. The van der Waals surface area contributed by atoms with Crippen molar-refractivity contribution in [3.05, 3.63) is 69.4 Å². The molecule has 3 rings (SSSR count). The summed E-state index contributed by atoms with van der Waals surface area (Å²) in [6, 6.07) is 7.28. The number of rotatable bonds is 7. The van der Waals surface area contributed by atoms with E-state index in [1.54, 1.807) is 18.3 Å². The highest BCUT2D eigenvalue weighted by Gasteiger charge is 2.14. The Kier molecular flexibility index (Phi) is 6.92. The maximum Gasteiger partial charge on any atom is 0.192 e. The zero-order valence-electron chi connectivity index (χ0n) is 16.6. The molecule has 0 aliphatic heterocycles. The number of nitrogens with one attached hydrogen (secondary N) is 2. The first-order valence-corrected chi connectivity index (χ1v) is 10.2. The molecule has 0 aliphatic rings. The van der Waals surface area contributed by atoms with Crippen LogP contribution in [0.2, 0.25) is 0 Å². The highest BCUT2D eigenvalue weighted by atomic mass is 32.1. The molecule has 1 atom stereocenters. The lowest BCUT2D eigenvalue weighted by atomic mass is 10.1. The summed E-state index contributed by atoms with van der Waals surface area (Å²) in [5.41, 5.74) is 0.369. The Bertz CT molecular complexity index is 968. The number of aliphatic imine (C=N–C) groups is 1. The van der Waals surface area contributed by atoms with Crippen LogP contribution in [0.4, 0.5) is 8.78 Å². The predicted octanol–water partition coefficient (Wildman–Crippen LogP) is 3.50. The Labute approximate surface area is 172 Å². The van der Waals surface area contributed by atoms with Gasteiger partial charge < -0.3 is 15.2 Å². The number of thiophene rings is 1. The second-order valence-electron chi connectivity index (χ2n) is 6.68. The molecule has 0 radical (unpaired) electrons. The second kappa shape index (κ2) is 9.60. The third-order valence-corrected chi connectivity index (χ3v) is 5.52. The molecule has 1 aromatic carbocycles. The van der Waals surface area contributed by atoms with Crippen LogP contribution in [0.3, 0.4) is 0 Å². The van der Waals surface area contributed by atoms with Gasteiger partial charge in [0.15, 0.2) is 11.8 Å². The summed E-state index contributed by atoms with van der Waals surface area (Å²) in [6.07, 6.45) is 0.848. The van der Waals surface area contributed by atoms with Crippen molar-refractivity contribution in [2.24, 2.45) is 12.0 Å². The minimum Gasteiger partial charge on any atom is -0.356 e. The SMILES string of the molecule is Cc1nnc(CN=C(NCCc2cccs2)NC(C)c2ccc(F)cc2F)n1C. The van der Waals surface area contributed by atoms with Gasteiger partial charge in [-0.25, -0.2) is 13.8 Å². The van der Waals surface area contributed by atoms with E-state index in [-0.39, 0.29) is 0 Å². The van der Waals surface area contributed by atoms with Gasteiger partial charge in [-0.05, 0) is 37.8 Å². The molecule has 2 aromatic heterocycles. The predicted molar refractivity (Wildman–Crippen MR) is 111 cm³/mol. The van der Waals surface area contributed by atoms with E-state index in [1.807, 2.05) is 30.0 Å². The van der Waals surface area contributed by atoms with Gasteiger partial charge in [0.2, 0.25) is 0 Å². The molecule has 0 amide bonds. The summed E-state index contributed by atoms with van der Waals surface area (Å²) in [5, 5.41) is 16.7. The average molecular weight is 419 g/mol. The molecule has 154 valence electrons. The maximum atomic E-state index is 14.1. The molecular weight excluding hydrogens is 394 g/mol. The van der Waals surface area contributed by atoms with Crippen LogP contribution in [0.1, 0.15) is 35.1 Å². The zero-order chi connectivity index (χ0) is 20.8. The third-order valence-electron chi connectivity index (χ3n) is 4.59. The quantitative estimate of drug-likeness (QED) is 0.455. The van der Waals surface area contributed by atoms with E-state index in [4.69, 9.17) is 0 Å². The molecule has 1 unspecified atom stereocenters. The number of guanidine groups is 1. The minimum atomic E-state index is -0.598. The Morgan fingerprint density at radius 1 is 1.28 bits per heavy atom. The number of nitrogens with zero attached hydrogens (tertiary/aromatic N) is 4. The number of aromatic nitrogens is 3. The summed E-state index contributed by atoms with van der Waals surface area (Å²) in [6.45, 7) is 4.67. The molecule has 2 N–H and O–H groups in total. The van der Waals surface area contributed by atoms with Crippen molar-refractivity contribution in [2.45, 2.75) is 32.9 Å². The van der Waals surface area contributed by atoms with Crippen molar-refractivity contribution < 1.29 is 8.78 Å². The summed E-state index contributed by atoms with van der Waals surface area (Å²) >= 11 is 1.70. The molecule has 3 aromatic rings. The third kappa shape index (κ3) is 5.60. The normalized spacial score (nSPS) is 12.8. The number of aryl methyl sites for hydroxylation is 1. The second-order valence-corrected chi connectivity index (χ2v) is 7.71. The molecule has 9 heteroatoms. The molecule has 2 heterocycles. The van der Waals surface area contributed by atoms with Gasteiger partial charge in [0, 0.05) is 30.1 Å². The minimum absolute atomic E-state index is 0.324. The van der Waals surface area contributed by atoms with E-state index < -0.39 is 17.7 Å². The van der Waals surface area contributed by atoms with Gasteiger partial charge in [-0.3, -0.25) is 0 Å². The lowest BCUT2D eigenvalue weighted by molar-refractivity contribution is 0.550. The summed E-state index contributed by atoms with van der Waals surface area (Å²) < 4.78 is 29.2. The monoisotopic (exact) mass is 418 g/mol. The van der Waals surface area contributed by atoms with Crippen LogP contribution in [-0.4, -0.2) is 27.3 Å². The Balaban J connectivity index is 1.71. The Hall–Kier alpha value is -2.81. The Morgan fingerprint density at radius 3 is 2.76 bits per heavy atom. The van der Waals surface area contributed by atoms with Gasteiger partial charge >= 0.3 is 0 Å². The number of hydrogen-bond donors (Lipinski definition) is 2. The van der Waals surface area contributed by atoms with Crippen LogP contribution in [0.15, 0.2) is 40.7 Å². The maximum absolute atomic E-state index is 14.1. The first kappa shape index (κ1) is 20.9. The van der Waals surface area contributed by atoms with Crippen molar-refractivity contribution in [1.82, 2.24) is 25.4 Å². The highest BCUT2D eigenvalue weighted by molar-refractivity contribution is 7.09. The number of benzene rings is 1. The van der Waals surface area contributed by atoms with Crippen LogP contribution in [0.25, 0.3) is 0 Å². The summed E-state index contributed by atoms with van der Waals surface area (Å²) in [4.78, 5) is 5.84. The van der Waals surface area contributed by atoms with E-state index in [9.17, 15) is 8.78 Å². The number of hydrogen-bond acceptors (Lipinski definition) is 4. The van der Waals surface area contributed by atoms with E-state index in [2.05, 4.69) is 31.9 Å². The molecule has 0 bridgehead atoms. The fourth-order valence-corrected chi connectivity index (χ4v) is 3.49. The van der Waals surface area contributed by atoms with Crippen molar-refractivity contribution in [3.63, 3.8) is 0 Å². The van der Waals surface area contributed by atoms with Crippen molar-refractivity contribution in [1.29, 1.82) is 0 Å². The largest absolute Gasteiger partial charge is 0.356 e. The molecule has 0 saturated heterocycles. The molecule has 0 saturated carbocycles.